The van der Waals surface area contributed by atoms with Crippen molar-refractivity contribution in [3.63, 3.8) is 0 Å². The van der Waals surface area contributed by atoms with Gasteiger partial charge in [-0.15, -0.1) is 0 Å². The molecule has 1 atom stereocenters. The van der Waals surface area contributed by atoms with Crippen molar-refractivity contribution in [2.45, 2.75) is 19.5 Å². The highest BCUT2D eigenvalue weighted by atomic mass is 16.2. The number of hydrogen-bond donors (Lipinski definition) is 2. The summed E-state index contributed by atoms with van der Waals surface area (Å²) in [7, 11) is 1.77. The Hall–Kier alpha value is -2.82. The van der Waals surface area contributed by atoms with Crippen LogP contribution in [0.1, 0.15) is 22.8 Å². The lowest BCUT2D eigenvalue weighted by atomic mass is 10.1. The van der Waals surface area contributed by atoms with Crippen molar-refractivity contribution in [1.82, 2.24) is 4.90 Å². The molecule has 120 valence electrons. The molecule has 2 amide bonds. The number of nitrogens with one attached hydrogen (secondary N) is 1. The van der Waals surface area contributed by atoms with Crippen molar-refractivity contribution >= 4 is 17.5 Å². The second-order valence-electron chi connectivity index (χ2n) is 5.49. The predicted octanol–water partition coefficient (Wildman–Crippen LogP) is 2.24. The summed E-state index contributed by atoms with van der Waals surface area (Å²) >= 11 is 0. The number of amides is 2. The van der Waals surface area contributed by atoms with Crippen LogP contribution in [0.15, 0.2) is 54.6 Å². The van der Waals surface area contributed by atoms with Gasteiger partial charge in [0.25, 0.3) is 0 Å². The molecule has 1 unspecified atom stereocenters. The molecule has 0 radical (unpaired) electrons. The number of benzene rings is 2. The molecular weight excluding hydrogens is 290 g/mol. The maximum absolute atomic E-state index is 12.4. The molecule has 0 aromatic heterocycles. The summed E-state index contributed by atoms with van der Waals surface area (Å²) in [6, 6.07) is 16.2. The molecule has 0 aliphatic carbocycles. The van der Waals surface area contributed by atoms with Crippen LogP contribution in [0.5, 0.6) is 0 Å². The smallest absolute Gasteiger partial charge is 0.248 e. The van der Waals surface area contributed by atoms with Crippen LogP contribution in [0, 0.1) is 0 Å². The minimum Gasteiger partial charge on any atom is -0.374 e. The molecular formula is C18H21N3O2. The topological polar surface area (TPSA) is 75.4 Å². The zero-order chi connectivity index (χ0) is 16.8. The first-order valence-electron chi connectivity index (χ1n) is 7.42. The van der Waals surface area contributed by atoms with E-state index >= 15 is 0 Å². The summed E-state index contributed by atoms with van der Waals surface area (Å²) in [5.74, 6) is -0.521. The van der Waals surface area contributed by atoms with Gasteiger partial charge in [0.05, 0.1) is 0 Å². The number of anilines is 1. The van der Waals surface area contributed by atoms with E-state index in [0.717, 1.165) is 5.56 Å². The molecule has 0 saturated carbocycles. The lowest BCUT2D eigenvalue weighted by molar-refractivity contribution is -0.130. The van der Waals surface area contributed by atoms with Crippen LogP contribution in [0.4, 0.5) is 5.69 Å². The number of likely N-dealkylation sites (N-methyl/N-ethyl adjacent to an activating group) is 1. The van der Waals surface area contributed by atoms with Crippen molar-refractivity contribution in [3.8, 4) is 0 Å². The predicted molar refractivity (Wildman–Crippen MR) is 91.0 cm³/mol. The number of rotatable bonds is 6. The lowest BCUT2D eigenvalue weighted by Gasteiger charge is -2.23. The van der Waals surface area contributed by atoms with Gasteiger partial charge >= 0.3 is 0 Å². The van der Waals surface area contributed by atoms with E-state index in [9.17, 15) is 9.59 Å². The van der Waals surface area contributed by atoms with Crippen LogP contribution in [-0.2, 0) is 11.3 Å². The van der Waals surface area contributed by atoms with Crippen LogP contribution in [0.2, 0.25) is 0 Å². The van der Waals surface area contributed by atoms with Crippen LogP contribution in [-0.4, -0.2) is 29.8 Å². The fourth-order valence-electron chi connectivity index (χ4n) is 2.34. The summed E-state index contributed by atoms with van der Waals surface area (Å²) in [5.41, 5.74) is 7.44. The SMILES string of the molecule is CC(Nc1cccc(C(N)=O)c1)C(=O)N(C)Cc1ccccc1. The van der Waals surface area contributed by atoms with Gasteiger partial charge in [0, 0.05) is 24.8 Å². The summed E-state index contributed by atoms with van der Waals surface area (Å²) < 4.78 is 0. The second-order valence-corrected chi connectivity index (χ2v) is 5.49. The first-order valence-corrected chi connectivity index (χ1v) is 7.42. The third kappa shape index (κ3) is 4.57. The quantitative estimate of drug-likeness (QED) is 0.859. The van der Waals surface area contributed by atoms with E-state index in [4.69, 9.17) is 5.73 Å². The van der Waals surface area contributed by atoms with Gasteiger partial charge in [0.1, 0.15) is 6.04 Å². The average molecular weight is 311 g/mol. The van der Waals surface area contributed by atoms with Gasteiger partial charge in [-0.2, -0.15) is 0 Å². The molecule has 0 bridgehead atoms. The summed E-state index contributed by atoms with van der Waals surface area (Å²) in [6.07, 6.45) is 0. The van der Waals surface area contributed by atoms with Crippen molar-refractivity contribution in [2.75, 3.05) is 12.4 Å². The number of hydrogen-bond acceptors (Lipinski definition) is 3. The van der Waals surface area contributed by atoms with Crippen LogP contribution in [0.25, 0.3) is 0 Å². The first kappa shape index (κ1) is 16.5. The minimum absolute atomic E-state index is 0.0293. The number of nitrogens with two attached hydrogens (primary N) is 1. The third-order valence-electron chi connectivity index (χ3n) is 3.54. The fraction of sp³-hybridized carbons (Fsp3) is 0.222. The molecule has 0 aliphatic rings. The van der Waals surface area contributed by atoms with E-state index in [-0.39, 0.29) is 5.91 Å². The van der Waals surface area contributed by atoms with Crippen LogP contribution in [0.3, 0.4) is 0 Å². The van der Waals surface area contributed by atoms with Crippen molar-refractivity contribution in [1.29, 1.82) is 0 Å². The summed E-state index contributed by atoms with van der Waals surface area (Å²) in [5, 5.41) is 3.10. The average Bonchev–Trinajstić information content (AvgIpc) is 2.55. The molecule has 0 fully saturated rings. The monoisotopic (exact) mass is 311 g/mol. The molecule has 23 heavy (non-hydrogen) atoms. The number of carbonyl (C=O) groups is 2. The Morgan fingerprint density at radius 1 is 1.13 bits per heavy atom. The highest BCUT2D eigenvalue weighted by Gasteiger charge is 2.17. The number of carbonyl (C=O) groups excluding carboxylic acids is 2. The Balaban J connectivity index is 1.99. The van der Waals surface area contributed by atoms with Gasteiger partial charge in [-0.25, -0.2) is 0 Å². The molecule has 5 heteroatoms. The summed E-state index contributed by atoms with van der Waals surface area (Å²) in [4.78, 5) is 25.3. The van der Waals surface area contributed by atoms with E-state index in [0.29, 0.717) is 17.8 Å². The fourth-order valence-corrected chi connectivity index (χ4v) is 2.34. The van der Waals surface area contributed by atoms with Gasteiger partial charge in [-0.05, 0) is 30.7 Å². The molecule has 0 heterocycles. The Labute approximate surface area is 136 Å². The standard InChI is InChI=1S/C18H21N3O2/c1-13(20-16-10-6-9-15(11-16)17(19)22)18(23)21(2)12-14-7-4-3-5-8-14/h3-11,13,20H,12H2,1-2H3,(H2,19,22). The molecule has 3 N–H and O–H groups in total. The molecule has 2 rings (SSSR count). The van der Waals surface area contributed by atoms with E-state index in [1.807, 2.05) is 30.3 Å². The largest absolute Gasteiger partial charge is 0.374 e. The third-order valence-corrected chi connectivity index (χ3v) is 3.54. The minimum atomic E-state index is -0.492. The molecule has 5 nitrogen and oxygen atoms in total. The maximum atomic E-state index is 12.4. The zero-order valence-corrected chi connectivity index (χ0v) is 13.3. The van der Waals surface area contributed by atoms with E-state index in [1.165, 1.54) is 0 Å². The summed E-state index contributed by atoms with van der Waals surface area (Å²) in [6.45, 7) is 2.34. The van der Waals surface area contributed by atoms with E-state index in [1.54, 1.807) is 43.1 Å². The second kappa shape index (κ2) is 7.45. The Morgan fingerprint density at radius 3 is 2.48 bits per heavy atom. The zero-order valence-electron chi connectivity index (χ0n) is 13.3. The molecule has 2 aromatic rings. The van der Waals surface area contributed by atoms with E-state index in [2.05, 4.69) is 5.32 Å². The highest BCUT2D eigenvalue weighted by Crippen LogP contribution is 2.13. The van der Waals surface area contributed by atoms with Gasteiger partial charge in [0.2, 0.25) is 11.8 Å². The van der Waals surface area contributed by atoms with Crippen molar-refractivity contribution < 1.29 is 9.59 Å². The molecule has 0 spiro atoms. The van der Waals surface area contributed by atoms with Gasteiger partial charge in [-0.1, -0.05) is 36.4 Å². The molecule has 0 aliphatic heterocycles. The Bertz CT molecular complexity index is 686. The normalized spacial score (nSPS) is 11.6. The van der Waals surface area contributed by atoms with Gasteiger partial charge < -0.3 is 16.0 Å². The van der Waals surface area contributed by atoms with Crippen LogP contribution >= 0.6 is 0 Å². The van der Waals surface area contributed by atoms with Crippen molar-refractivity contribution in [2.24, 2.45) is 5.73 Å². The van der Waals surface area contributed by atoms with E-state index < -0.39 is 11.9 Å². The van der Waals surface area contributed by atoms with Crippen molar-refractivity contribution in [3.05, 3.63) is 65.7 Å². The molecule has 2 aromatic carbocycles. The van der Waals surface area contributed by atoms with Crippen LogP contribution < -0.4 is 11.1 Å². The van der Waals surface area contributed by atoms with Gasteiger partial charge in [-0.3, -0.25) is 9.59 Å². The molecule has 0 saturated heterocycles. The highest BCUT2D eigenvalue weighted by molar-refractivity contribution is 5.94. The lowest BCUT2D eigenvalue weighted by Crippen LogP contribution is -2.38. The number of nitrogens with zero attached hydrogens (tertiary/aromatic N) is 1. The Kier molecular flexibility index (Phi) is 5.36. The maximum Gasteiger partial charge on any atom is 0.248 e. The number of primary amides is 1. The Morgan fingerprint density at radius 2 is 1.83 bits per heavy atom. The first-order chi connectivity index (χ1) is 11.0. The van der Waals surface area contributed by atoms with Gasteiger partial charge in [0.15, 0.2) is 0 Å².